The molecule has 2 heterocycles. The van der Waals surface area contributed by atoms with Crippen molar-refractivity contribution >= 4 is 10.9 Å². The molecule has 1 aromatic carbocycles. The zero-order chi connectivity index (χ0) is 12.9. The number of aromatic nitrogens is 1. The van der Waals surface area contributed by atoms with Gasteiger partial charge in [-0.1, -0.05) is 26.0 Å². The summed E-state index contributed by atoms with van der Waals surface area (Å²) in [5, 5.41) is 4.98. The first-order valence-corrected chi connectivity index (χ1v) is 6.93. The van der Waals surface area contributed by atoms with E-state index in [0.29, 0.717) is 5.92 Å². The Morgan fingerprint density at radius 2 is 2.00 bits per heavy atom. The molecule has 1 aliphatic rings. The van der Waals surface area contributed by atoms with Crippen molar-refractivity contribution in [2.45, 2.75) is 46.7 Å². The minimum atomic E-state index is 0.589. The molecule has 2 aromatic rings. The lowest BCUT2D eigenvalue weighted by molar-refractivity contribution is 0.520. The SMILES string of the molecule is Cc1ccc2c(C(C)C)c3n(c2c1C)CCNC3. The Balaban J connectivity index is 2.44. The third-order valence-corrected chi connectivity index (χ3v) is 4.28. The molecular formula is C16H22N2. The van der Waals surface area contributed by atoms with Gasteiger partial charge in [0, 0.05) is 30.7 Å². The number of benzene rings is 1. The Morgan fingerprint density at radius 3 is 2.72 bits per heavy atom. The normalized spacial score (nSPS) is 15.4. The topological polar surface area (TPSA) is 17.0 Å². The lowest BCUT2D eigenvalue weighted by Crippen LogP contribution is -2.28. The van der Waals surface area contributed by atoms with E-state index in [1.165, 1.54) is 27.7 Å². The summed E-state index contributed by atoms with van der Waals surface area (Å²) in [7, 11) is 0. The van der Waals surface area contributed by atoms with E-state index in [9.17, 15) is 0 Å². The van der Waals surface area contributed by atoms with Crippen molar-refractivity contribution in [3.05, 3.63) is 34.5 Å². The van der Waals surface area contributed by atoms with Gasteiger partial charge < -0.3 is 9.88 Å². The van der Waals surface area contributed by atoms with Gasteiger partial charge in [0.1, 0.15) is 0 Å². The molecule has 0 aliphatic carbocycles. The highest BCUT2D eigenvalue weighted by atomic mass is 15.1. The number of aryl methyl sites for hydroxylation is 2. The smallest absolute Gasteiger partial charge is 0.0518 e. The van der Waals surface area contributed by atoms with Crippen molar-refractivity contribution in [1.29, 1.82) is 0 Å². The molecule has 2 nitrogen and oxygen atoms in total. The second-order valence-electron chi connectivity index (χ2n) is 5.75. The number of hydrogen-bond acceptors (Lipinski definition) is 1. The fourth-order valence-electron chi connectivity index (χ4n) is 3.28. The highest BCUT2D eigenvalue weighted by Crippen LogP contribution is 2.35. The van der Waals surface area contributed by atoms with Gasteiger partial charge in [-0.25, -0.2) is 0 Å². The molecule has 18 heavy (non-hydrogen) atoms. The molecule has 1 aliphatic heterocycles. The molecule has 2 heteroatoms. The summed E-state index contributed by atoms with van der Waals surface area (Å²) in [6, 6.07) is 4.58. The summed E-state index contributed by atoms with van der Waals surface area (Å²) in [5.41, 5.74) is 7.36. The Morgan fingerprint density at radius 1 is 1.22 bits per heavy atom. The van der Waals surface area contributed by atoms with Gasteiger partial charge in [0.15, 0.2) is 0 Å². The molecule has 3 rings (SSSR count). The predicted molar refractivity (Wildman–Crippen MR) is 77.2 cm³/mol. The molecule has 0 fully saturated rings. The first-order chi connectivity index (χ1) is 8.61. The monoisotopic (exact) mass is 242 g/mol. The van der Waals surface area contributed by atoms with Gasteiger partial charge in [-0.05, 0) is 36.5 Å². The molecule has 0 radical (unpaired) electrons. The summed E-state index contributed by atoms with van der Waals surface area (Å²) in [4.78, 5) is 0. The van der Waals surface area contributed by atoms with Crippen LogP contribution < -0.4 is 5.32 Å². The van der Waals surface area contributed by atoms with E-state index < -0.39 is 0 Å². The molecule has 1 aromatic heterocycles. The average Bonchev–Trinajstić information content (AvgIpc) is 2.68. The molecule has 1 N–H and O–H groups in total. The lowest BCUT2D eigenvalue weighted by Gasteiger charge is -2.20. The maximum atomic E-state index is 3.51. The van der Waals surface area contributed by atoms with Crippen LogP contribution in [0.2, 0.25) is 0 Å². The van der Waals surface area contributed by atoms with Crippen LogP contribution in [-0.2, 0) is 13.1 Å². The van der Waals surface area contributed by atoms with Gasteiger partial charge in [0.25, 0.3) is 0 Å². The first kappa shape index (κ1) is 11.8. The first-order valence-electron chi connectivity index (χ1n) is 6.93. The standard InChI is InChI=1S/C16H22N2/c1-10(2)15-13-6-5-11(3)12(4)16(13)18-8-7-17-9-14(15)18/h5-6,10,17H,7-9H2,1-4H3. The van der Waals surface area contributed by atoms with Gasteiger partial charge >= 0.3 is 0 Å². The van der Waals surface area contributed by atoms with E-state index >= 15 is 0 Å². The Kier molecular flexibility index (Phi) is 2.70. The van der Waals surface area contributed by atoms with Gasteiger partial charge in [-0.3, -0.25) is 0 Å². The highest BCUT2D eigenvalue weighted by Gasteiger charge is 2.22. The minimum Gasteiger partial charge on any atom is -0.342 e. The van der Waals surface area contributed by atoms with E-state index in [0.717, 1.165) is 19.6 Å². The van der Waals surface area contributed by atoms with Crippen molar-refractivity contribution in [3.63, 3.8) is 0 Å². The second kappa shape index (κ2) is 4.13. The van der Waals surface area contributed by atoms with Crippen molar-refractivity contribution in [2.75, 3.05) is 6.54 Å². The fourth-order valence-corrected chi connectivity index (χ4v) is 3.28. The zero-order valence-corrected chi connectivity index (χ0v) is 11.8. The molecule has 0 spiro atoms. The van der Waals surface area contributed by atoms with Crippen LogP contribution in [0.25, 0.3) is 10.9 Å². The van der Waals surface area contributed by atoms with Crippen molar-refractivity contribution in [1.82, 2.24) is 9.88 Å². The largest absolute Gasteiger partial charge is 0.342 e. The molecule has 0 saturated heterocycles. The summed E-state index contributed by atoms with van der Waals surface area (Å²) >= 11 is 0. The summed E-state index contributed by atoms with van der Waals surface area (Å²) in [5.74, 6) is 0.589. The number of nitrogens with zero attached hydrogens (tertiary/aromatic N) is 1. The van der Waals surface area contributed by atoms with E-state index in [1.807, 2.05) is 0 Å². The molecule has 0 saturated carbocycles. The van der Waals surface area contributed by atoms with Gasteiger partial charge in [-0.2, -0.15) is 0 Å². The summed E-state index contributed by atoms with van der Waals surface area (Å²) in [6.07, 6.45) is 0. The van der Waals surface area contributed by atoms with E-state index in [2.05, 4.69) is 49.7 Å². The molecule has 96 valence electrons. The molecule has 0 amide bonds. The Hall–Kier alpha value is -1.28. The van der Waals surface area contributed by atoms with Crippen molar-refractivity contribution in [3.8, 4) is 0 Å². The molecule has 0 atom stereocenters. The second-order valence-corrected chi connectivity index (χ2v) is 5.75. The van der Waals surface area contributed by atoms with Crippen LogP contribution in [0.3, 0.4) is 0 Å². The summed E-state index contributed by atoms with van der Waals surface area (Å²) in [6.45, 7) is 12.3. The van der Waals surface area contributed by atoms with Crippen LogP contribution in [0.1, 0.15) is 42.1 Å². The van der Waals surface area contributed by atoms with Gasteiger partial charge in [0.2, 0.25) is 0 Å². The van der Waals surface area contributed by atoms with Crippen LogP contribution >= 0.6 is 0 Å². The number of hydrogen-bond donors (Lipinski definition) is 1. The van der Waals surface area contributed by atoms with Crippen LogP contribution in [0.15, 0.2) is 12.1 Å². The quantitative estimate of drug-likeness (QED) is 0.810. The van der Waals surface area contributed by atoms with E-state index in [-0.39, 0.29) is 0 Å². The Labute approximate surface area is 109 Å². The van der Waals surface area contributed by atoms with E-state index in [1.54, 1.807) is 5.56 Å². The van der Waals surface area contributed by atoms with Crippen molar-refractivity contribution in [2.24, 2.45) is 0 Å². The van der Waals surface area contributed by atoms with E-state index in [4.69, 9.17) is 0 Å². The van der Waals surface area contributed by atoms with Crippen LogP contribution in [0, 0.1) is 13.8 Å². The lowest BCUT2D eigenvalue weighted by atomic mass is 9.97. The van der Waals surface area contributed by atoms with Crippen LogP contribution in [0.4, 0.5) is 0 Å². The molecular weight excluding hydrogens is 220 g/mol. The van der Waals surface area contributed by atoms with Gasteiger partial charge in [0.05, 0.1) is 5.52 Å². The number of rotatable bonds is 1. The molecule has 0 bridgehead atoms. The van der Waals surface area contributed by atoms with Gasteiger partial charge in [-0.15, -0.1) is 0 Å². The Bertz CT molecular complexity index is 605. The highest BCUT2D eigenvalue weighted by molar-refractivity contribution is 5.89. The maximum absolute atomic E-state index is 3.51. The van der Waals surface area contributed by atoms with Crippen molar-refractivity contribution < 1.29 is 0 Å². The third kappa shape index (κ3) is 1.52. The number of nitrogens with one attached hydrogen (secondary N) is 1. The maximum Gasteiger partial charge on any atom is 0.0518 e. The predicted octanol–water partition coefficient (Wildman–Crippen LogP) is 3.48. The van der Waals surface area contributed by atoms with Crippen LogP contribution in [0.5, 0.6) is 0 Å². The number of fused-ring (bicyclic) bond motifs is 3. The minimum absolute atomic E-state index is 0.589. The average molecular weight is 242 g/mol. The fraction of sp³-hybridized carbons (Fsp3) is 0.500. The summed E-state index contributed by atoms with van der Waals surface area (Å²) < 4.78 is 2.55. The zero-order valence-electron chi connectivity index (χ0n) is 11.8. The third-order valence-electron chi connectivity index (χ3n) is 4.28. The van der Waals surface area contributed by atoms with Crippen LogP contribution in [-0.4, -0.2) is 11.1 Å². The molecule has 0 unspecified atom stereocenters.